The minimum Gasteiger partial charge on any atom is -0.413 e. The van der Waals surface area contributed by atoms with Crippen LogP contribution in [0.2, 0.25) is 0 Å². The molecule has 198 valence electrons. The van der Waals surface area contributed by atoms with Gasteiger partial charge in [-0.05, 0) is 38.0 Å². The van der Waals surface area contributed by atoms with Crippen molar-refractivity contribution in [3.05, 3.63) is 53.1 Å². The Morgan fingerprint density at radius 2 is 1.92 bits per heavy atom. The van der Waals surface area contributed by atoms with Crippen molar-refractivity contribution in [1.82, 2.24) is 14.6 Å². The van der Waals surface area contributed by atoms with Gasteiger partial charge in [-0.2, -0.15) is 14.6 Å². The van der Waals surface area contributed by atoms with Crippen LogP contribution in [-0.2, 0) is 23.4 Å². The molecule has 6 atom stereocenters. The van der Waals surface area contributed by atoms with Crippen molar-refractivity contribution >= 4 is 19.7 Å². The second-order valence-corrected chi connectivity index (χ2v) is 10.3. The first-order valence-corrected chi connectivity index (χ1v) is 12.5. The first kappa shape index (κ1) is 29.3. The van der Waals surface area contributed by atoms with E-state index >= 15 is 4.39 Å². The molecule has 1 aromatic carbocycles. The number of ether oxygens (including phenoxy) is 1. The number of nitrogens with one attached hydrogen (secondary N) is 1. The molecule has 0 radical (unpaired) electrons. The van der Waals surface area contributed by atoms with Crippen molar-refractivity contribution in [2.24, 2.45) is 5.92 Å². The molecule has 1 aliphatic rings. The molecule has 2 aromatic rings. The quantitative estimate of drug-likeness (QED) is 0.407. The number of benzene rings is 1. The van der Waals surface area contributed by atoms with Crippen LogP contribution in [0.5, 0.6) is 5.75 Å². The van der Waals surface area contributed by atoms with Crippen LogP contribution in [0.25, 0.3) is 0 Å². The molecule has 12 nitrogen and oxygen atoms in total. The van der Waals surface area contributed by atoms with Crippen LogP contribution in [-0.4, -0.2) is 51.3 Å². The molecule has 0 saturated carbocycles. The molecule has 1 unspecified atom stereocenters. The Bertz CT molecular complexity index is 1140. The highest BCUT2D eigenvalue weighted by molar-refractivity contribution is 7.52. The Kier molecular flexibility index (Phi) is 10.1. The molecule has 2 heterocycles. The van der Waals surface area contributed by atoms with Crippen molar-refractivity contribution in [2.75, 3.05) is 12.3 Å². The summed E-state index contributed by atoms with van der Waals surface area (Å²) in [5.74, 6) is 0.391. The lowest BCUT2D eigenvalue weighted by atomic mass is 9.98. The first-order chi connectivity index (χ1) is 16.8. The molecule has 0 bridgehead atoms. The number of hydrogen-bond donors (Lipinski definition) is 3. The monoisotopic (exact) mass is 528 g/mol. The van der Waals surface area contributed by atoms with E-state index in [1.165, 1.54) is 12.3 Å². The van der Waals surface area contributed by atoms with Crippen molar-refractivity contribution < 1.29 is 37.4 Å². The van der Waals surface area contributed by atoms with Crippen LogP contribution in [0.4, 0.5) is 10.2 Å². The summed E-state index contributed by atoms with van der Waals surface area (Å²) in [5.41, 5.74) is 2.29. The third-order valence-electron chi connectivity index (χ3n) is 5.56. The zero-order valence-corrected chi connectivity index (χ0v) is 21.1. The van der Waals surface area contributed by atoms with Gasteiger partial charge in [0.25, 0.3) is 0 Å². The third kappa shape index (κ3) is 7.30. The van der Waals surface area contributed by atoms with Gasteiger partial charge in [0, 0.05) is 12.2 Å². The highest BCUT2D eigenvalue weighted by atomic mass is 31.2. The molecule has 1 fully saturated rings. The van der Waals surface area contributed by atoms with E-state index in [4.69, 9.17) is 29.1 Å². The standard InChI is InChI=1S/C21H30FN4O6P.CO2/c1-13(2)14(3)25-33(29,32-15-8-6-5-7-9-15)30-12-16-18(27)21(4,22)19(31-16)26-11-10-17(23)24-20(26)28;2-1-3/h5-11,13-14,16,18-19,27H,12H2,1-4H3,(H,25,29)(H2,23,24,28);/t14-,16+,18-,19+,21+,33?;/m0./s1. The number of aliphatic hydroxyl groups is 1. The second-order valence-electron chi connectivity index (χ2n) is 8.61. The predicted octanol–water partition coefficient (Wildman–Crippen LogP) is 2.07. The fourth-order valence-corrected chi connectivity index (χ4v) is 4.95. The third-order valence-corrected chi connectivity index (χ3v) is 7.22. The van der Waals surface area contributed by atoms with Crippen LogP contribution >= 0.6 is 7.75 Å². The summed E-state index contributed by atoms with van der Waals surface area (Å²) in [6.45, 7) is 6.34. The average molecular weight is 528 g/mol. The van der Waals surface area contributed by atoms with Gasteiger partial charge in [0.1, 0.15) is 23.8 Å². The molecular weight excluding hydrogens is 498 g/mol. The number of rotatable bonds is 9. The molecule has 0 spiro atoms. The SMILES string of the molecule is CC(C)[C@H](C)NP(=O)(OC[C@H]1O[C@@H](n2ccc(N)nc2=O)[C@](C)(F)[C@H]1O)Oc1ccccc1.O=C=O. The Morgan fingerprint density at radius 1 is 1.31 bits per heavy atom. The lowest BCUT2D eigenvalue weighted by Crippen LogP contribution is -2.43. The number of aliphatic hydroxyl groups excluding tert-OH is 1. The molecule has 1 aliphatic heterocycles. The lowest BCUT2D eigenvalue weighted by molar-refractivity contribution is -0.191. The molecule has 3 rings (SSSR count). The van der Waals surface area contributed by atoms with Crippen molar-refractivity contribution in [3.63, 3.8) is 0 Å². The van der Waals surface area contributed by atoms with E-state index in [0.717, 1.165) is 11.5 Å². The van der Waals surface area contributed by atoms with E-state index in [-0.39, 0.29) is 23.9 Å². The Balaban J connectivity index is 0.00000145. The normalized spacial score (nSPS) is 25.8. The Hall–Kier alpha value is -2.92. The largest absolute Gasteiger partial charge is 0.459 e. The maximum atomic E-state index is 15.4. The summed E-state index contributed by atoms with van der Waals surface area (Å²) in [5, 5.41) is 13.4. The molecule has 0 aliphatic carbocycles. The molecule has 4 N–H and O–H groups in total. The van der Waals surface area contributed by atoms with E-state index < -0.39 is 44.1 Å². The maximum Gasteiger partial charge on any atom is 0.459 e. The minimum atomic E-state index is -3.94. The van der Waals surface area contributed by atoms with E-state index in [0.29, 0.717) is 5.75 Å². The van der Waals surface area contributed by atoms with E-state index in [1.807, 2.05) is 20.8 Å². The van der Waals surface area contributed by atoms with Gasteiger partial charge in [0.05, 0.1) is 6.61 Å². The molecule has 1 saturated heterocycles. The van der Waals surface area contributed by atoms with Crippen molar-refractivity contribution in [2.45, 2.75) is 57.8 Å². The number of nitrogens with two attached hydrogens (primary N) is 1. The summed E-state index contributed by atoms with van der Waals surface area (Å²) in [6, 6.07) is 9.52. The fraction of sp³-hybridized carbons (Fsp3) is 0.500. The number of aromatic nitrogens is 2. The van der Waals surface area contributed by atoms with Crippen LogP contribution in [0.3, 0.4) is 0 Å². The molecule has 36 heavy (non-hydrogen) atoms. The summed E-state index contributed by atoms with van der Waals surface area (Å²) in [4.78, 5) is 32.0. The summed E-state index contributed by atoms with van der Waals surface area (Å²) in [7, 11) is -3.94. The minimum absolute atomic E-state index is 0.0282. The first-order valence-electron chi connectivity index (χ1n) is 11.0. The van der Waals surface area contributed by atoms with Gasteiger partial charge >= 0.3 is 19.6 Å². The topological polar surface area (TPSA) is 172 Å². The van der Waals surface area contributed by atoms with Gasteiger partial charge in [-0.3, -0.25) is 9.09 Å². The highest BCUT2D eigenvalue weighted by Crippen LogP contribution is 2.47. The average Bonchev–Trinajstić information content (AvgIpc) is 3.02. The van der Waals surface area contributed by atoms with Crippen LogP contribution in [0, 0.1) is 5.92 Å². The van der Waals surface area contributed by atoms with E-state index in [1.54, 1.807) is 30.3 Å². The fourth-order valence-electron chi connectivity index (χ4n) is 3.24. The van der Waals surface area contributed by atoms with E-state index in [2.05, 4.69) is 10.1 Å². The van der Waals surface area contributed by atoms with Crippen molar-refractivity contribution in [3.8, 4) is 5.75 Å². The summed E-state index contributed by atoms with van der Waals surface area (Å²) in [6.07, 6.45) is -2.92. The predicted molar refractivity (Wildman–Crippen MR) is 125 cm³/mol. The second kappa shape index (κ2) is 12.4. The zero-order valence-electron chi connectivity index (χ0n) is 20.2. The highest BCUT2D eigenvalue weighted by Gasteiger charge is 2.55. The van der Waals surface area contributed by atoms with Crippen LogP contribution < -0.4 is 21.0 Å². The number of nitrogens with zero attached hydrogens (tertiary/aromatic N) is 2. The number of para-hydroxylation sites is 1. The number of carbonyl (C=O) groups excluding carboxylic acids is 2. The Morgan fingerprint density at radius 3 is 2.47 bits per heavy atom. The van der Waals surface area contributed by atoms with Gasteiger partial charge in [-0.15, -0.1) is 0 Å². The number of alkyl halides is 1. The number of halogens is 1. The molecule has 1 aromatic heterocycles. The summed E-state index contributed by atoms with van der Waals surface area (Å²) < 4.78 is 46.6. The number of anilines is 1. The lowest BCUT2D eigenvalue weighted by Gasteiger charge is -2.27. The van der Waals surface area contributed by atoms with Gasteiger partial charge in [-0.1, -0.05) is 32.0 Å². The number of hydrogen-bond acceptors (Lipinski definition) is 10. The molecular formula is C22H30FN4O8P. The van der Waals surface area contributed by atoms with Crippen LogP contribution in [0.1, 0.15) is 33.9 Å². The maximum absolute atomic E-state index is 15.4. The van der Waals surface area contributed by atoms with Gasteiger partial charge in [0.2, 0.25) is 0 Å². The Labute approximate surface area is 207 Å². The summed E-state index contributed by atoms with van der Waals surface area (Å²) >= 11 is 0. The van der Waals surface area contributed by atoms with Gasteiger partial charge < -0.3 is 20.1 Å². The van der Waals surface area contributed by atoms with Gasteiger partial charge in [0.15, 0.2) is 11.9 Å². The van der Waals surface area contributed by atoms with Crippen molar-refractivity contribution in [1.29, 1.82) is 0 Å². The molecule has 14 heteroatoms. The zero-order chi connectivity index (χ0) is 27.1. The smallest absolute Gasteiger partial charge is 0.413 e. The van der Waals surface area contributed by atoms with Crippen LogP contribution in [0.15, 0.2) is 47.4 Å². The number of nitrogen functional groups attached to an aromatic ring is 1. The van der Waals surface area contributed by atoms with Gasteiger partial charge in [-0.25, -0.2) is 18.8 Å². The van der Waals surface area contributed by atoms with E-state index in [9.17, 15) is 14.5 Å². The molecule has 0 amide bonds.